The van der Waals surface area contributed by atoms with Gasteiger partial charge in [0.2, 0.25) is 0 Å². The minimum atomic E-state index is -1.24. The molecule has 0 spiro atoms. The van der Waals surface area contributed by atoms with Crippen LogP contribution >= 0.6 is 0 Å². The summed E-state index contributed by atoms with van der Waals surface area (Å²) in [5.41, 5.74) is 10.7. The molecule has 0 aliphatic rings. The number of benzene rings is 2. The summed E-state index contributed by atoms with van der Waals surface area (Å²) in [6.07, 6.45) is 1.69. The molecule has 33 heavy (non-hydrogen) atoms. The monoisotopic (exact) mass is 469 g/mol. The summed E-state index contributed by atoms with van der Waals surface area (Å²) in [5, 5.41) is 8.17. The number of ether oxygens (including phenoxy) is 1. The van der Waals surface area contributed by atoms with E-state index in [2.05, 4.69) is 19.9 Å². The molecule has 2 aromatic carbocycles. The van der Waals surface area contributed by atoms with Gasteiger partial charge < -0.3 is 15.2 Å². The molecule has 0 fully saturated rings. The standard InChI is InChI=1S/C22H22FN5O2S.C2H6/c1-3-31(29)28-17-9-6-15(10-18(17)30-12-14-4-7-16(23)8-5-14)21-19-20(26-27-21)13(2)11-25-22(19)24;1-2/h4-11,28H,3,12H2,1-2H3,(H2,24,25)(H,26,27);1-2H3. The maximum Gasteiger partial charge on any atom is 0.144 e. The van der Waals surface area contributed by atoms with Gasteiger partial charge in [-0.1, -0.05) is 39.0 Å². The van der Waals surface area contributed by atoms with E-state index in [1.54, 1.807) is 24.4 Å². The molecule has 0 saturated carbocycles. The van der Waals surface area contributed by atoms with Crippen LogP contribution in [0, 0.1) is 12.7 Å². The molecule has 0 aliphatic heterocycles. The molecular formula is C24H28FN5O2S. The van der Waals surface area contributed by atoms with Crippen LogP contribution in [0.25, 0.3) is 22.2 Å². The second-order valence-electron chi connectivity index (χ2n) is 7.01. The van der Waals surface area contributed by atoms with Crippen molar-refractivity contribution in [3.63, 3.8) is 0 Å². The number of aryl methyl sites for hydroxylation is 1. The first kappa shape index (κ1) is 24.2. The predicted octanol–water partition coefficient (Wildman–Crippen LogP) is 5.36. The molecule has 2 heterocycles. The topological polar surface area (TPSA) is 106 Å². The average molecular weight is 470 g/mol. The summed E-state index contributed by atoms with van der Waals surface area (Å²) in [6, 6.07) is 11.6. The quantitative estimate of drug-likeness (QED) is 0.338. The van der Waals surface area contributed by atoms with E-state index in [1.807, 2.05) is 39.8 Å². The third-order valence-corrected chi connectivity index (χ3v) is 5.83. The van der Waals surface area contributed by atoms with Crippen molar-refractivity contribution in [3.8, 4) is 17.0 Å². The van der Waals surface area contributed by atoms with Gasteiger partial charge in [-0.3, -0.25) is 5.10 Å². The second kappa shape index (κ2) is 10.9. The summed E-state index contributed by atoms with van der Waals surface area (Å²) in [6.45, 7) is 7.97. The molecule has 0 radical (unpaired) electrons. The van der Waals surface area contributed by atoms with Crippen LogP contribution in [0.5, 0.6) is 5.75 Å². The normalized spacial score (nSPS) is 11.5. The van der Waals surface area contributed by atoms with E-state index >= 15 is 0 Å². The number of nitrogens with zero attached hydrogens (tertiary/aromatic N) is 2. The fourth-order valence-corrected chi connectivity index (χ4v) is 3.75. The number of anilines is 2. The van der Waals surface area contributed by atoms with Crippen molar-refractivity contribution in [2.45, 2.75) is 34.3 Å². The highest BCUT2D eigenvalue weighted by Crippen LogP contribution is 2.36. The Balaban J connectivity index is 0.00000149. The third kappa shape index (κ3) is 5.48. The van der Waals surface area contributed by atoms with Crippen molar-refractivity contribution in [1.82, 2.24) is 15.2 Å². The number of pyridine rings is 1. The number of halogens is 1. The number of aromatic nitrogens is 3. The van der Waals surface area contributed by atoms with Gasteiger partial charge in [0.1, 0.15) is 40.5 Å². The number of nitrogen functional groups attached to an aromatic ring is 1. The Kier molecular flexibility index (Phi) is 8.00. The molecule has 2 aromatic heterocycles. The van der Waals surface area contributed by atoms with Gasteiger partial charge in [-0.25, -0.2) is 13.6 Å². The van der Waals surface area contributed by atoms with Gasteiger partial charge in [0.05, 0.1) is 16.8 Å². The van der Waals surface area contributed by atoms with Gasteiger partial charge >= 0.3 is 0 Å². The zero-order chi connectivity index (χ0) is 24.0. The van der Waals surface area contributed by atoms with Crippen LogP contribution in [-0.4, -0.2) is 25.1 Å². The zero-order valence-corrected chi connectivity index (χ0v) is 19.9. The Morgan fingerprint density at radius 3 is 2.61 bits per heavy atom. The predicted molar refractivity (Wildman–Crippen MR) is 133 cm³/mol. The highest BCUT2D eigenvalue weighted by Gasteiger charge is 2.16. The number of hydrogen-bond donors (Lipinski definition) is 3. The van der Waals surface area contributed by atoms with E-state index in [-0.39, 0.29) is 12.4 Å². The lowest BCUT2D eigenvalue weighted by molar-refractivity contribution is 0.308. The zero-order valence-electron chi connectivity index (χ0n) is 19.1. The fraction of sp³-hybridized carbons (Fsp3) is 0.250. The molecule has 174 valence electrons. The molecule has 4 rings (SSSR count). The first-order chi connectivity index (χ1) is 16.0. The maximum atomic E-state index is 13.2. The van der Waals surface area contributed by atoms with Crippen LogP contribution in [-0.2, 0) is 17.6 Å². The third-order valence-electron chi connectivity index (χ3n) is 4.86. The van der Waals surface area contributed by atoms with Crippen molar-refractivity contribution in [2.75, 3.05) is 16.2 Å². The number of nitrogens with two attached hydrogens (primary N) is 1. The van der Waals surface area contributed by atoms with E-state index in [9.17, 15) is 8.60 Å². The maximum absolute atomic E-state index is 13.2. The van der Waals surface area contributed by atoms with E-state index in [0.29, 0.717) is 23.0 Å². The fourth-order valence-electron chi connectivity index (χ4n) is 3.20. The van der Waals surface area contributed by atoms with Gasteiger partial charge in [-0.2, -0.15) is 5.10 Å². The lowest BCUT2D eigenvalue weighted by Gasteiger charge is -2.14. The summed E-state index contributed by atoms with van der Waals surface area (Å²) in [5.74, 6) is 1.03. The van der Waals surface area contributed by atoms with Crippen LogP contribution in [0.2, 0.25) is 0 Å². The molecule has 4 N–H and O–H groups in total. The number of rotatable bonds is 7. The number of nitrogens with one attached hydrogen (secondary N) is 2. The van der Waals surface area contributed by atoms with Crippen LogP contribution in [0.4, 0.5) is 15.9 Å². The Bertz CT molecular complexity index is 1260. The molecule has 7 nitrogen and oxygen atoms in total. The number of H-pyrrole nitrogens is 1. The van der Waals surface area contributed by atoms with Crippen LogP contribution in [0.1, 0.15) is 31.9 Å². The summed E-state index contributed by atoms with van der Waals surface area (Å²) < 4.78 is 34.2. The largest absolute Gasteiger partial charge is 0.487 e. The van der Waals surface area contributed by atoms with Crippen LogP contribution in [0.3, 0.4) is 0 Å². The van der Waals surface area contributed by atoms with Gasteiger partial charge in [-0.15, -0.1) is 0 Å². The summed E-state index contributed by atoms with van der Waals surface area (Å²) >= 11 is 0. The van der Waals surface area contributed by atoms with Crippen molar-refractivity contribution in [2.24, 2.45) is 0 Å². The first-order valence-electron chi connectivity index (χ1n) is 10.7. The second-order valence-corrected chi connectivity index (χ2v) is 8.48. The van der Waals surface area contributed by atoms with E-state index in [1.165, 1.54) is 12.1 Å². The SMILES string of the molecule is CC.CCS(=O)Nc1ccc(-c2[nH]nc3c(C)cnc(N)c23)cc1OCc1ccc(F)cc1. The Labute approximate surface area is 195 Å². The van der Waals surface area contributed by atoms with E-state index in [0.717, 1.165) is 33.3 Å². The van der Waals surface area contributed by atoms with Gasteiger partial charge in [0.15, 0.2) is 0 Å². The highest BCUT2D eigenvalue weighted by molar-refractivity contribution is 7.86. The lowest BCUT2D eigenvalue weighted by atomic mass is 10.1. The first-order valence-corrected chi connectivity index (χ1v) is 12.0. The highest BCUT2D eigenvalue weighted by atomic mass is 32.2. The van der Waals surface area contributed by atoms with Crippen molar-refractivity contribution >= 4 is 33.4 Å². The van der Waals surface area contributed by atoms with Gasteiger partial charge in [0.25, 0.3) is 0 Å². The van der Waals surface area contributed by atoms with Crippen molar-refractivity contribution < 1.29 is 13.3 Å². The lowest BCUT2D eigenvalue weighted by Crippen LogP contribution is -2.08. The minimum absolute atomic E-state index is 0.226. The molecule has 9 heteroatoms. The number of aromatic amines is 1. The Hall–Kier alpha value is -3.46. The average Bonchev–Trinajstić information content (AvgIpc) is 3.30. The summed E-state index contributed by atoms with van der Waals surface area (Å²) in [7, 11) is -1.24. The van der Waals surface area contributed by atoms with E-state index < -0.39 is 11.0 Å². The van der Waals surface area contributed by atoms with Crippen LogP contribution in [0.15, 0.2) is 48.7 Å². The van der Waals surface area contributed by atoms with Crippen molar-refractivity contribution in [3.05, 3.63) is 65.6 Å². The number of hydrogen-bond acceptors (Lipinski definition) is 5. The molecule has 0 aliphatic carbocycles. The molecule has 0 amide bonds. The van der Waals surface area contributed by atoms with Gasteiger partial charge in [-0.05, 0) is 42.3 Å². The summed E-state index contributed by atoms with van der Waals surface area (Å²) in [4.78, 5) is 4.24. The molecule has 1 atom stereocenters. The molecule has 0 bridgehead atoms. The van der Waals surface area contributed by atoms with Crippen molar-refractivity contribution in [1.29, 1.82) is 0 Å². The van der Waals surface area contributed by atoms with Crippen LogP contribution < -0.4 is 15.2 Å². The van der Waals surface area contributed by atoms with E-state index in [4.69, 9.17) is 10.5 Å². The Morgan fingerprint density at radius 2 is 1.91 bits per heavy atom. The molecule has 0 saturated heterocycles. The molecule has 4 aromatic rings. The van der Waals surface area contributed by atoms with Gasteiger partial charge in [0, 0.05) is 17.5 Å². The minimum Gasteiger partial charge on any atom is -0.487 e. The smallest absolute Gasteiger partial charge is 0.144 e. The number of fused-ring (bicyclic) bond motifs is 1. The molecular weight excluding hydrogens is 441 g/mol. The molecule has 1 unspecified atom stereocenters. The Morgan fingerprint density at radius 1 is 1.18 bits per heavy atom.